The number of carbonyl (C=O) groups is 1. The van der Waals surface area contributed by atoms with Crippen molar-refractivity contribution in [2.45, 2.75) is 36.9 Å². The average molecular weight is 354 g/mol. The Bertz CT molecular complexity index is 803. The molecule has 0 aromatic heterocycles. The van der Waals surface area contributed by atoms with Gasteiger partial charge in [0, 0.05) is 12.6 Å². The van der Waals surface area contributed by atoms with Crippen molar-refractivity contribution in [3.63, 3.8) is 0 Å². The largest absolute Gasteiger partial charge is 0.467 e. The molecule has 2 aromatic carbocycles. The summed E-state index contributed by atoms with van der Waals surface area (Å²) >= 11 is 0. The van der Waals surface area contributed by atoms with Crippen LogP contribution in [-0.4, -0.2) is 54.9 Å². The number of carbonyl (C=O) groups excluding carboxylic acids is 1. The molecule has 2 heterocycles. The number of aliphatic hydroxyl groups excluding tert-OH is 1. The molecule has 3 unspecified atom stereocenters. The number of methoxy groups -OCH3 is 1. The number of fused-ring (bicyclic) bond motifs is 1. The summed E-state index contributed by atoms with van der Waals surface area (Å²) in [6, 6.07) is 14.2. The summed E-state index contributed by atoms with van der Waals surface area (Å²) in [4.78, 5) is 15.5. The van der Waals surface area contributed by atoms with E-state index in [1.165, 1.54) is 7.11 Å². The maximum absolute atomic E-state index is 13.3. The van der Waals surface area contributed by atoms with Crippen LogP contribution >= 0.6 is 0 Å². The van der Waals surface area contributed by atoms with Crippen LogP contribution < -0.4 is 5.32 Å². The highest BCUT2D eigenvalue weighted by Gasteiger charge is 2.55. The molecule has 2 aromatic rings. The van der Waals surface area contributed by atoms with Gasteiger partial charge in [-0.3, -0.25) is 4.90 Å². The number of rotatable bonds is 4. The first-order valence-electron chi connectivity index (χ1n) is 9.40. The Hall–Kier alpha value is -1.95. The zero-order valence-electron chi connectivity index (χ0n) is 15.1. The van der Waals surface area contributed by atoms with E-state index in [1.807, 2.05) is 18.2 Å². The van der Waals surface area contributed by atoms with Crippen LogP contribution in [-0.2, 0) is 15.1 Å². The second kappa shape index (κ2) is 6.99. The van der Waals surface area contributed by atoms with E-state index in [0.29, 0.717) is 13.0 Å². The molecule has 5 heteroatoms. The first-order valence-corrected chi connectivity index (χ1v) is 9.40. The van der Waals surface area contributed by atoms with Gasteiger partial charge in [0.25, 0.3) is 0 Å². The highest BCUT2D eigenvalue weighted by atomic mass is 16.5. The molecular weight excluding hydrogens is 328 g/mol. The van der Waals surface area contributed by atoms with Gasteiger partial charge in [0.2, 0.25) is 0 Å². The number of hydrogen-bond donors (Lipinski definition) is 2. The Kier molecular flexibility index (Phi) is 4.69. The summed E-state index contributed by atoms with van der Waals surface area (Å²) in [5.74, 6) is -0.249. The van der Waals surface area contributed by atoms with E-state index in [0.717, 1.165) is 42.3 Å². The van der Waals surface area contributed by atoms with Crippen molar-refractivity contribution < 1.29 is 14.6 Å². The molecule has 2 saturated heterocycles. The number of benzene rings is 2. The molecule has 2 aliphatic heterocycles. The molecule has 0 bridgehead atoms. The van der Waals surface area contributed by atoms with E-state index in [4.69, 9.17) is 4.74 Å². The number of hydrogen-bond acceptors (Lipinski definition) is 5. The summed E-state index contributed by atoms with van der Waals surface area (Å²) in [5, 5.41) is 15.8. The average Bonchev–Trinajstić information content (AvgIpc) is 3.35. The number of nitrogens with zero attached hydrogens (tertiary/aromatic N) is 1. The highest BCUT2D eigenvalue weighted by molar-refractivity contribution is 5.88. The van der Waals surface area contributed by atoms with E-state index in [-0.39, 0.29) is 12.0 Å². The molecule has 2 N–H and O–H groups in total. The first kappa shape index (κ1) is 17.5. The van der Waals surface area contributed by atoms with Gasteiger partial charge in [-0.25, -0.2) is 4.79 Å². The van der Waals surface area contributed by atoms with Gasteiger partial charge < -0.3 is 15.2 Å². The van der Waals surface area contributed by atoms with Crippen LogP contribution in [0.1, 0.15) is 24.8 Å². The number of nitrogens with one attached hydrogen (secondary N) is 1. The molecule has 3 atom stereocenters. The Labute approximate surface area is 153 Å². The van der Waals surface area contributed by atoms with Crippen LogP contribution in [0.15, 0.2) is 42.5 Å². The van der Waals surface area contributed by atoms with Crippen molar-refractivity contribution in [1.82, 2.24) is 10.2 Å². The summed E-state index contributed by atoms with van der Waals surface area (Å²) < 4.78 is 5.34. The van der Waals surface area contributed by atoms with E-state index in [9.17, 15) is 9.90 Å². The lowest BCUT2D eigenvalue weighted by atomic mass is 9.79. The topological polar surface area (TPSA) is 61.8 Å². The fraction of sp³-hybridized carbons (Fsp3) is 0.476. The molecule has 4 rings (SSSR count). The van der Waals surface area contributed by atoms with Crippen molar-refractivity contribution in [3.8, 4) is 0 Å². The predicted octanol–water partition coefficient (Wildman–Crippen LogP) is 2.03. The molecule has 2 aliphatic rings. The van der Waals surface area contributed by atoms with Crippen LogP contribution in [0.4, 0.5) is 0 Å². The predicted molar refractivity (Wildman–Crippen MR) is 101 cm³/mol. The van der Waals surface area contributed by atoms with Crippen molar-refractivity contribution in [3.05, 3.63) is 48.0 Å². The lowest BCUT2D eigenvalue weighted by Gasteiger charge is -2.44. The minimum Gasteiger partial charge on any atom is -0.467 e. The van der Waals surface area contributed by atoms with Gasteiger partial charge in [0.15, 0.2) is 5.54 Å². The van der Waals surface area contributed by atoms with Gasteiger partial charge in [-0.15, -0.1) is 0 Å². The van der Waals surface area contributed by atoms with Gasteiger partial charge in [0.1, 0.15) is 0 Å². The van der Waals surface area contributed by atoms with Crippen LogP contribution in [0.25, 0.3) is 10.8 Å². The van der Waals surface area contributed by atoms with Crippen molar-refractivity contribution in [2.75, 3.05) is 26.7 Å². The quantitative estimate of drug-likeness (QED) is 0.823. The van der Waals surface area contributed by atoms with Crippen LogP contribution in [0.3, 0.4) is 0 Å². The third-order valence-corrected chi connectivity index (χ3v) is 5.90. The molecule has 0 spiro atoms. The molecule has 2 fully saturated rings. The van der Waals surface area contributed by atoms with E-state index >= 15 is 0 Å². The van der Waals surface area contributed by atoms with Crippen molar-refractivity contribution >= 4 is 16.7 Å². The van der Waals surface area contributed by atoms with E-state index in [2.05, 4.69) is 34.5 Å². The van der Waals surface area contributed by atoms with Gasteiger partial charge >= 0.3 is 5.97 Å². The number of β-amino-alcohol motifs (C(OH)–C–C–N with tert-alkyl or cyclic N) is 1. The number of esters is 1. The Balaban J connectivity index is 1.90. The van der Waals surface area contributed by atoms with Gasteiger partial charge in [0.05, 0.1) is 13.2 Å². The summed E-state index contributed by atoms with van der Waals surface area (Å²) in [7, 11) is 1.46. The third-order valence-electron chi connectivity index (χ3n) is 5.90. The van der Waals surface area contributed by atoms with Gasteiger partial charge in [-0.05, 0) is 54.8 Å². The second-order valence-corrected chi connectivity index (χ2v) is 7.36. The summed E-state index contributed by atoms with van der Waals surface area (Å²) in [6.07, 6.45) is 2.24. The first-order chi connectivity index (χ1) is 12.7. The monoisotopic (exact) mass is 354 g/mol. The minimum atomic E-state index is -0.910. The molecule has 0 aliphatic carbocycles. The summed E-state index contributed by atoms with van der Waals surface area (Å²) in [6.45, 7) is 2.22. The highest BCUT2D eigenvalue weighted by Crippen LogP contribution is 2.40. The number of ether oxygens (including phenoxy) is 1. The zero-order valence-corrected chi connectivity index (χ0v) is 15.1. The molecule has 0 saturated carbocycles. The molecule has 5 nitrogen and oxygen atoms in total. The lowest BCUT2D eigenvalue weighted by molar-refractivity contribution is -0.158. The number of aliphatic hydroxyl groups is 1. The SMILES string of the molecule is COC(=O)C(c1ccc2ccccc2c1)(C1CC(O)CN1)N1CCCC1. The normalized spacial score (nSPS) is 26.1. The van der Waals surface area contributed by atoms with Gasteiger partial charge in [-0.1, -0.05) is 36.4 Å². The molecular formula is C21H26N2O3. The molecule has 138 valence electrons. The minimum absolute atomic E-state index is 0.177. The lowest BCUT2D eigenvalue weighted by Crippen LogP contribution is -2.61. The second-order valence-electron chi connectivity index (χ2n) is 7.36. The van der Waals surface area contributed by atoms with Gasteiger partial charge in [-0.2, -0.15) is 0 Å². The third kappa shape index (κ3) is 2.71. The number of likely N-dealkylation sites (tertiary alicyclic amines) is 1. The summed E-state index contributed by atoms with van der Waals surface area (Å²) in [5.41, 5.74) is 0.0313. The van der Waals surface area contributed by atoms with Crippen molar-refractivity contribution in [1.29, 1.82) is 0 Å². The maximum Gasteiger partial charge on any atom is 0.332 e. The van der Waals surface area contributed by atoms with Crippen molar-refractivity contribution in [2.24, 2.45) is 0 Å². The van der Waals surface area contributed by atoms with E-state index in [1.54, 1.807) is 0 Å². The molecule has 0 amide bonds. The van der Waals surface area contributed by atoms with Crippen LogP contribution in [0, 0.1) is 0 Å². The Morgan fingerprint density at radius 1 is 1.19 bits per heavy atom. The zero-order chi connectivity index (χ0) is 18.1. The molecule has 0 radical (unpaired) electrons. The maximum atomic E-state index is 13.3. The Morgan fingerprint density at radius 2 is 1.92 bits per heavy atom. The van der Waals surface area contributed by atoms with Crippen LogP contribution in [0.5, 0.6) is 0 Å². The standard InChI is InChI=1S/C21H26N2O3/c1-26-20(25)21(23-10-4-5-11-23,19-13-18(24)14-22-19)17-9-8-15-6-2-3-7-16(15)12-17/h2-3,6-9,12,18-19,22,24H,4-5,10-11,13-14H2,1H3. The fourth-order valence-corrected chi connectivity index (χ4v) is 4.68. The smallest absolute Gasteiger partial charge is 0.332 e. The molecule has 26 heavy (non-hydrogen) atoms. The van der Waals surface area contributed by atoms with Crippen LogP contribution in [0.2, 0.25) is 0 Å². The fourth-order valence-electron chi connectivity index (χ4n) is 4.68. The van der Waals surface area contributed by atoms with E-state index < -0.39 is 11.6 Å². The Morgan fingerprint density at radius 3 is 2.58 bits per heavy atom.